The molecule has 0 saturated carbocycles. The Morgan fingerprint density at radius 1 is 1.14 bits per heavy atom. The van der Waals surface area contributed by atoms with Gasteiger partial charge in [-0.2, -0.15) is 0 Å². The molecule has 2 atom stereocenters. The molecule has 2 aromatic rings. The highest BCUT2D eigenvalue weighted by atomic mass is 35.5. The van der Waals surface area contributed by atoms with Crippen molar-refractivity contribution in [3.05, 3.63) is 64.2 Å². The van der Waals surface area contributed by atoms with Gasteiger partial charge in [-0.05, 0) is 54.0 Å². The summed E-state index contributed by atoms with van der Waals surface area (Å²) < 4.78 is 0. The summed E-state index contributed by atoms with van der Waals surface area (Å²) in [5, 5.41) is 10.2. The minimum absolute atomic E-state index is 0.237. The third-order valence-corrected chi connectivity index (χ3v) is 5.37. The summed E-state index contributed by atoms with van der Waals surface area (Å²) in [5.41, 5.74) is 5.52. The molecule has 22 heavy (non-hydrogen) atoms. The summed E-state index contributed by atoms with van der Waals surface area (Å²) in [6.07, 6.45) is 2.98. The van der Waals surface area contributed by atoms with Crippen LogP contribution in [-0.2, 0) is 6.42 Å². The van der Waals surface area contributed by atoms with E-state index in [9.17, 15) is 5.11 Å². The van der Waals surface area contributed by atoms with Gasteiger partial charge in [0.1, 0.15) is 0 Å². The Hall–Kier alpha value is -1.51. The molecule has 3 heteroatoms. The van der Waals surface area contributed by atoms with Crippen LogP contribution >= 0.6 is 11.6 Å². The predicted octanol–water partition coefficient (Wildman–Crippen LogP) is 4.31. The van der Waals surface area contributed by atoms with Crippen molar-refractivity contribution >= 4 is 17.3 Å². The minimum Gasteiger partial charge on any atom is -0.396 e. The highest BCUT2D eigenvalue weighted by Crippen LogP contribution is 2.48. The van der Waals surface area contributed by atoms with Crippen LogP contribution in [0.2, 0.25) is 5.02 Å². The zero-order valence-corrected chi connectivity index (χ0v) is 13.3. The Kier molecular flexibility index (Phi) is 3.59. The van der Waals surface area contributed by atoms with Gasteiger partial charge in [-0.25, -0.2) is 0 Å². The smallest absolute Gasteiger partial charge is 0.0551 e. The average molecular weight is 314 g/mol. The molecule has 0 saturated heterocycles. The molecular formula is C19H20ClNO. The van der Waals surface area contributed by atoms with Crippen LogP contribution in [0, 0.1) is 0 Å². The maximum Gasteiger partial charge on any atom is 0.0551 e. The van der Waals surface area contributed by atoms with E-state index in [0.29, 0.717) is 12.0 Å². The molecule has 1 N–H and O–H groups in total. The summed E-state index contributed by atoms with van der Waals surface area (Å²) in [7, 11) is 0. The molecule has 0 fully saturated rings. The lowest BCUT2D eigenvalue weighted by Gasteiger charge is -2.46. The van der Waals surface area contributed by atoms with E-state index in [1.54, 1.807) is 0 Å². The molecule has 2 aliphatic rings. The maximum atomic E-state index is 9.45. The number of hydrogen-bond donors (Lipinski definition) is 1. The van der Waals surface area contributed by atoms with E-state index >= 15 is 0 Å². The first-order valence-electron chi connectivity index (χ1n) is 8.02. The largest absolute Gasteiger partial charge is 0.396 e. The SMILES string of the molecule is OCC[C@@H]1C[C@@H]2c3ccccc3CCN2c2cc(Cl)ccc21. The number of nitrogens with zero attached hydrogens (tertiary/aromatic N) is 1. The first-order chi connectivity index (χ1) is 10.8. The van der Waals surface area contributed by atoms with Crippen LogP contribution in [0.15, 0.2) is 42.5 Å². The molecule has 0 unspecified atom stereocenters. The van der Waals surface area contributed by atoms with Crippen LogP contribution < -0.4 is 4.90 Å². The molecule has 2 aromatic carbocycles. The topological polar surface area (TPSA) is 23.5 Å². The van der Waals surface area contributed by atoms with Gasteiger partial charge in [-0.3, -0.25) is 0 Å². The third kappa shape index (κ3) is 2.22. The number of fused-ring (bicyclic) bond motifs is 5. The number of anilines is 1. The maximum absolute atomic E-state index is 9.45. The normalized spacial score (nSPS) is 22.7. The minimum atomic E-state index is 0.237. The van der Waals surface area contributed by atoms with Crippen LogP contribution in [0.4, 0.5) is 5.69 Å². The van der Waals surface area contributed by atoms with Gasteiger partial charge in [0.2, 0.25) is 0 Å². The second kappa shape index (κ2) is 5.60. The van der Waals surface area contributed by atoms with Gasteiger partial charge in [0.25, 0.3) is 0 Å². The number of hydrogen-bond acceptors (Lipinski definition) is 2. The monoisotopic (exact) mass is 313 g/mol. The van der Waals surface area contributed by atoms with E-state index < -0.39 is 0 Å². The second-order valence-corrected chi connectivity index (χ2v) is 6.74. The van der Waals surface area contributed by atoms with Crippen molar-refractivity contribution in [1.29, 1.82) is 0 Å². The predicted molar refractivity (Wildman–Crippen MR) is 90.7 cm³/mol. The van der Waals surface area contributed by atoms with Crippen molar-refractivity contribution in [3.8, 4) is 0 Å². The van der Waals surface area contributed by atoms with E-state index in [0.717, 1.165) is 30.8 Å². The van der Waals surface area contributed by atoms with Gasteiger partial charge in [-0.15, -0.1) is 0 Å². The van der Waals surface area contributed by atoms with Crippen LogP contribution in [0.5, 0.6) is 0 Å². The molecule has 2 aliphatic heterocycles. The fourth-order valence-corrected chi connectivity index (χ4v) is 4.30. The van der Waals surface area contributed by atoms with E-state index in [1.807, 2.05) is 6.07 Å². The van der Waals surface area contributed by atoms with Crippen LogP contribution in [0.3, 0.4) is 0 Å². The van der Waals surface area contributed by atoms with Crippen molar-refractivity contribution in [1.82, 2.24) is 0 Å². The standard InChI is InChI=1S/C19H20ClNO/c20-15-5-6-17-14(8-10-22)11-18-16-4-2-1-3-13(16)7-9-21(18)19(17)12-15/h1-6,12,14,18,22H,7-11H2/t14-,18-/m1/s1. The zero-order valence-electron chi connectivity index (χ0n) is 12.5. The van der Waals surface area contributed by atoms with Crippen molar-refractivity contribution in [2.24, 2.45) is 0 Å². The Bertz CT molecular complexity index is 700. The Labute approximate surface area is 136 Å². The van der Waals surface area contributed by atoms with Crippen molar-refractivity contribution in [2.75, 3.05) is 18.1 Å². The summed E-state index contributed by atoms with van der Waals surface area (Å²) in [6, 6.07) is 15.4. The highest BCUT2D eigenvalue weighted by molar-refractivity contribution is 6.30. The molecule has 0 radical (unpaired) electrons. The molecular weight excluding hydrogens is 294 g/mol. The van der Waals surface area contributed by atoms with Gasteiger partial charge in [0.15, 0.2) is 0 Å². The molecule has 0 aromatic heterocycles. The number of halogens is 1. The summed E-state index contributed by atoms with van der Waals surface area (Å²) in [6.45, 7) is 1.28. The summed E-state index contributed by atoms with van der Waals surface area (Å²) in [4.78, 5) is 2.51. The number of aliphatic hydroxyl groups is 1. The van der Waals surface area contributed by atoms with Gasteiger partial charge >= 0.3 is 0 Å². The molecule has 0 amide bonds. The van der Waals surface area contributed by atoms with Crippen molar-refractivity contribution in [2.45, 2.75) is 31.2 Å². The Balaban J connectivity index is 1.82. The fourth-order valence-electron chi connectivity index (χ4n) is 4.13. The Morgan fingerprint density at radius 2 is 2.00 bits per heavy atom. The molecule has 2 heterocycles. The highest BCUT2D eigenvalue weighted by Gasteiger charge is 2.36. The average Bonchev–Trinajstić information content (AvgIpc) is 2.55. The third-order valence-electron chi connectivity index (χ3n) is 5.14. The van der Waals surface area contributed by atoms with Crippen LogP contribution in [0.25, 0.3) is 0 Å². The first-order valence-corrected chi connectivity index (χ1v) is 8.40. The lowest BCUT2D eigenvalue weighted by atomic mass is 9.78. The number of benzene rings is 2. The van der Waals surface area contributed by atoms with Crippen LogP contribution in [-0.4, -0.2) is 18.3 Å². The van der Waals surface area contributed by atoms with Crippen LogP contribution in [0.1, 0.15) is 41.5 Å². The quantitative estimate of drug-likeness (QED) is 0.893. The summed E-state index contributed by atoms with van der Waals surface area (Å²) in [5.74, 6) is 0.407. The van der Waals surface area contributed by atoms with Gasteiger partial charge in [0, 0.05) is 23.9 Å². The molecule has 114 valence electrons. The molecule has 4 rings (SSSR count). The molecule has 2 nitrogen and oxygen atoms in total. The van der Waals surface area contributed by atoms with Gasteiger partial charge < -0.3 is 10.0 Å². The fraction of sp³-hybridized carbons (Fsp3) is 0.368. The van der Waals surface area contributed by atoms with Gasteiger partial charge in [0.05, 0.1) is 6.04 Å². The number of aliphatic hydroxyl groups excluding tert-OH is 1. The van der Waals surface area contributed by atoms with E-state index in [1.165, 1.54) is 22.4 Å². The Morgan fingerprint density at radius 3 is 2.86 bits per heavy atom. The van der Waals surface area contributed by atoms with E-state index in [-0.39, 0.29) is 6.61 Å². The van der Waals surface area contributed by atoms with Crippen molar-refractivity contribution in [3.63, 3.8) is 0 Å². The summed E-state index contributed by atoms with van der Waals surface area (Å²) >= 11 is 6.26. The first kappa shape index (κ1) is 14.1. The lowest BCUT2D eigenvalue weighted by Crippen LogP contribution is -2.40. The lowest BCUT2D eigenvalue weighted by molar-refractivity contribution is 0.266. The van der Waals surface area contributed by atoms with E-state index in [2.05, 4.69) is 41.3 Å². The molecule has 0 spiro atoms. The zero-order chi connectivity index (χ0) is 15.1. The van der Waals surface area contributed by atoms with E-state index in [4.69, 9.17) is 11.6 Å². The van der Waals surface area contributed by atoms with Crippen molar-refractivity contribution < 1.29 is 5.11 Å². The van der Waals surface area contributed by atoms with Gasteiger partial charge in [-0.1, -0.05) is 41.9 Å². The number of rotatable bonds is 2. The molecule has 0 aliphatic carbocycles. The molecule has 0 bridgehead atoms. The second-order valence-electron chi connectivity index (χ2n) is 6.31.